The number of unbranched alkanes of at least 4 members (excludes halogenated alkanes) is 43. The van der Waals surface area contributed by atoms with Crippen LogP contribution in [0.25, 0.3) is 0 Å². The molecule has 0 heterocycles. The maximum Gasteiger partial charge on any atom is 0.472 e. The van der Waals surface area contributed by atoms with Gasteiger partial charge in [0.15, 0.2) is 12.2 Å². The van der Waals surface area contributed by atoms with E-state index in [2.05, 4.69) is 48.5 Å². The Morgan fingerprint density at radius 3 is 0.708 bits per heavy atom. The summed E-state index contributed by atoms with van der Waals surface area (Å²) in [6.45, 7) is 11.9. The lowest BCUT2D eigenvalue weighted by molar-refractivity contribution is -0.161. The zero-order valence-corrected chi connectivity index (χ0v) is 64.6. The van der Waals surface area contributed by atoms with Crippen LogP contribution in [-0.4, -0.2) is 96.7 Å². The molecule has 0 aromatic heterocycles. The molecule has 17 nitrogen and oxygen atoms in total. The van der Waals surface area contributed by atoms with Gasteiger partial charge in [-0.3, -0.25) is 37.3 Å². The van der Waals surface area contributed by atoms with Crippen molar-refractivity contribution in [2.45, 2.75) is 414 Å². The fourth-order valence-corrected chi connectivity index (χ4v) is 13.4. The van der Waals surface area contributed by atoms with Gasteiger partial charge in [-0.25, -0.2) is 9.13 Å². The molecule has 96 heavy (non-hydrogen) atoms. The van der Waals surface area contributed by atoms with Crippen LogP contribution in [0.15, 0.2) is 0 Å². The quantitative estimate of drug-likeness (QED) is 0.0222. The molecule has 0 aliphatic carbocycles. The predicted octanol–water partition coefficient (Wildman–Crippen LogP) is 22.6. The molecular formula is C77H150O17P2. The van der Waals surface area contributed by atoms with Gasteiger partial charge in [0.1, 0.15) is 19.3 Å². The van der Waals surface area contributed by atoms with Crippen LogP contribution in [0.1, 0.15) is 395 Å². The highest BCUT2D eigenvalue weighted by Gasteiger charge is 2.30. The maximum absolute atomic E-state index is 13.1. The highest BCUT2D eigenvalue weighted by molar-refractivity contribution is 7.47. The molecule has 0 saturated heterocycles. The largest absolute Gasteiger partial charge is 0.472 e. The van der Waals surface area contributed by atoms with Crippen LogP contribution in [0.3, 0.4) is 0 Å². The standard InChI is InChI=1S/C77H150O17P2/c1-8-9-10-11-12-13-14-18-26-31-38-46-53-60-76(81)94-73(65-88-75(80)59-52-45-40-33-36-43-50-57-70(6)7)67-92-96(85,86)90-63-71(78)62-89-95(83,84)91-66-72(64-87-74(79)58-51-44-37-30-25-22-21-24-29-35-42-49-56-69(4)5)93-77(82)61-54-47-39-32-27-20-17-15-16-19-23-28-34-41-48-55-68(2)3/h68-73,78H,8-67H2,1-7H3,(H,83,84)(H,85,86)/t71-,72-,73-/m1/s1. The Bertz CT molecular complexity index is 1870. The van der Waals surface area contributed by atoms with E-state index in [0.29, 0.717) is 31.6 Å². The first-order valence-electron chi connectivity index (χ1n) is 39.8. The van der Waals surface area contributed by atoms with Crippen LogP contribution < -0.4 is 0 Å². The first kappa shape index (κ1) is 94.1. The number of ether oxygens (including phenoxy) is 4. The third kappa shape index (κ3) is 70.5. The second kappa shape index (κ2) is 67.5. The van der Waals surface area contributed by atoms with Crippen molar-refractivity contribution in [2.75, 3.05) is 39.6 Å². The van der Waals surface area contributed by atoms with Gasteiger partial charge >= 0.3 is 39.5 Å². The zero-order valence-electron chi connectivity index (χ0n) is 62.8. The summed E-state index contributed by atoms with van der Waals surface area (Å²) in [6.07, 6.45) is 54.1. The molecule has 0 spiro atoms. The van der Waals surface area contributed by atoms with Crippen LogP contribution in [-0.2, 0) is 65.4 Å². The number of aliphatic hydroxyl groups is 1. The molecular weight excluding hydrogens is 1260 g/mol. The number of phosphoric acid groups is 2. The number of hydrogen-bond acceptors (Lipinski definition) is 15. The van der Waals surface area contributed by atoms with E-state index in [-0.39, 0.29) is 25.7 Å². The molecule has 570 valence electrons. The van der Waals surface area contributed by atoms with Gasteiger partial charge in [-0.2, -0.15) is 0 Å². The minimum absolute atomic E-state index is 0.107. The number of aliphatic hydroxyl groups excluding tert-OH is 1. The predicted molar refractivity (Wildman–Crippen MR) is 391 cm³/mol. The number of phosphoric ester groups is 2. The van der Waals surface area contributed by atoms with E-state index in [1.165, 1.54) is 199 Å². The number of rotatable bonds is 75. The second-order valence-electron chi connectivity index (χ2n) is 29.2. The second-order valence-corrected chi connectivity index (χ2v) is 32.1. The zero-order chi connectivity index (χ0) is 70.9. The third-order valence-electron chi connectivity index (χ3n) is 17.9. The van der Waals surface area contributed by atoms with Crippen LogP contribution in [0.5, 0.6) is 0 Å². The van der Waals surface area contributed by atoms with Crippen molar-refractivity contribution in [1.82, 2.24) is 0 Å². The van der Waals surface area contributed by atoms with Gasteiger partial charge in [-0.05, 0) is 43.4 Å². The number of carbonyl (C=O) groups excluding carboxylic acids is 4. The van der Waals surface area contributed by atoms with Crippen LogP contribution in [0.2, 0.25) is 0 Å². The maximum atomic E-state index is 13.1. The molecule has 0 bridgehead atoms. The fourth-order valence-electron chi connectivity index (χ4n) is 11.8. The third-order valence-corrected chi connectivity index (χ3v) is 19.8. The summed E-state index contributed by atoms with van der Waals surface area (Å²) in [5, 5.41) is 10.6. The van der Waals surface area contributed by atoms with E-state index >= 15 is 0 Å². The lowest BCUT2D eigenvalue weighted by Crippen LogP contribution is -2.30. The summed E-state index contributed by atoms with van der Waals surface area (Å²) in [7, 11) is -9.91. The SMILES string of the molecule is CCCCCCCCCCCCCCCC(=O)O[C@H](COC(=O)CCCCCCCCCC(C)C)COP(=O)(O)OC[C@H](O)COP(=O)(O)OC[C@@H](COC(=O)CCCCCCCCCCCCCCC(C)C)OC(=O)CCCCCCCCCCCCCCCCCC(C)C. The summed E-state index contributed by atoms with van der Waals surface area (Å²) >= 11 is 0. The number of carbonyl (C=O) groups is 4. The summed E-state index contributed by atoms with van der Waals surface area (Å²) in [4.78, 5) is 72.8. The van der Waals surface area contributed by atoms with Gasteiger partial charge < -0.3 is 33.8 Å². The van der Waals surface area contributed by atoms with E-state index in [1.807, 2.05) is 0 Å². The van der Waals surface area contributed by atoms with Gasteiger partial charge in [-0.15, -0.1) is 0 Å². The van der Waals surface area contributed by atoms with Crippen molar-refractivity contribution in [1.29, 1.82) is 0 Å². The fraction of sp³-hybridized carbons (Fsp3) is 0.948. The van der Waals surface area contributed by atoms with Gasteiger partial charge in [0, 0.05) is 25.7 Å². The minimum Gasteiger partial charge on any atom is -0.462 e. The van der Waals surface area contributed by atoms with Crippen LogP contribution in [0.4, 0.5) is 0 Å². The Labute approximate surface area is 588 Å². The van der Waals surface area contributed by atoms with Crippen molar-refractivity contribution >= 4 is 39.5 Å². The highest BCUT2D eigenvalue weighted by atomic mass is 31.2. The van der Waals surface area contributed by atoms with E-state index in [9.17, 15) is 43.2 Å². The molecule has 3 N–H and O–H groups in total. The van der Waals surface area contributed by atoms with Gasteiger partial charge in [0.25, 0.3) is 0 Å². The van der Waals surface area contributed by atoms with E-state index < -0.39 is 97.5 Å². The Kier molecular flexibility index (Phi) is 66.2. The molecule has 0 saturated carbocycles. The average molecular weight is 1410 g/mol. The summed E-state index contributed by atoms with van der Waals surface area (Å²) < 4.78 is 68.6. The number of hydrogen-bond donors (Lipinski definition) is 3. The van der Waals surface area contributed by atoms with Crippen LogP contribution in [0, 0.1) is 17.8 Å². The van der Waals surface area contributed by atoms with Crippen molar-refractivity contribution in [3.8, 4) is 0 Å². The summed E-state index contributed by atoms with van der Waals surface area (Å²) in [5.74, 6) is 0.174. The lowest BCUT2D eigenvalue weighted by Gasteiger charge is -2.21. The van der Waals surface area contributed by atoms with Crippen molar-refractivity contribution < 1.29 is 80.2 Å². The van der Waals surface area contributed by atoms with Gasteiger partial charge in [0.2, 0.25) is 0 Å². The molecule has 2 unspecified atom stereocenters. The Morgan fingerprint density at radius 1 is 0.281 bits per heavy atom. The van der Waals surface area contributed by atoms with E-state index in [0.717, 1.165) is 108 Å². The van der Waals surface area contributed by atoms with Crippen molar-refractivity contribution in [3.05, 3.63) is 0 Å². The van der Waals surface area contributed by atoms with E-state index in [1.54, 1.807) is 0 Å². The van der Waals surface area contributed by atoms with Gasteiger partial charge in [-0.1, -0.05) is 344 Å². The molecule has 0 rings (SSSR count). The molecule has 0 radical (unpaired) electrons. The molecule has 0 aliphatic heterocycles. The monoisotopic (exact) mass is 1410 g/mol. The molecule has 5 atom stereocenters. The van der Waals surface area contributed by atoms with Crippen LogP contribution >= 0.6 is 15.6 Å². The first-order chi connectivity index (χ1) is 46.2. The Hall–Kier alpha value is -1.94. The normalized spacial score (nSPS) is 14.1. The molecule has 0 fully saturated rings. The first-order valence-corrected chi connectivity index (χ1v) is 42.8. The summed E-state index contributed by atoms with van der Waals surface area (Å²) in [5.41, 5.74) is 0. The topological polar surface area (TPSA) is 237 Å². The highest BCUT2D eigenvalue weighted by Crippen LogP contribution is 2.45. The smallest absolute Gasteiger partial charge is 0.462 e. The minimum atomic E-state index is -4.96. The lowest BCUT2D eigenvalue weighted by atomic mass is 10.0. The van der Waals surface area contributed by atoms with E-state index in [4.69, 9.17) is 37.0 Å². The molecule has 0 aliphatic rings. The molecule has 19 heteroatoms. The molecule has 0 aromatic carbocycles. The van der Waals surface area contributed by atoms with Gasteiger partial charge in [0.05, 0.1) is 26.4 Å². The summed E-state index contributed by atoms with van der Waals surface area (Å²) in [6, 6.07) is 0. The number of esters is 4. The molecule has 0 amide bonds. The Balaban J connectivity index is 5.25. The Morgan fingerprint density at radius 2 is 0.479 bits per heavy atom. The van der Waals surface area contributed by atoms with Crippen molar-refractivity contribution in [3.63, 3.8) is 0 Å². The molecule has 0 aromatic rings. The average Bonchev–Trinajstić information content (AvgIpc) is 1.56. The van der Waals surface area contributed by atoms with Crippen molar-refractivity contribution in [2.24, 2.45) is 17.8 Å².